The first-order valence-corrected chi connectivity index (χ1v) is 8.12. The minimum absolute atomic E-state index is 0.148. The van der Waals surface area contributed by atoms with Gasteiger partial charge in [0.1, 0.15) is 5.75 Å². The van der Waals surface area contributed by atoms with E-state index in [2.05, 4.69) is 48.1 Å². The van der Waals surface area contributed by atoms with Crippen molar-refractivity contribution in [3.05, 3.63) is 35.4 Å². The maximum atomic E-state index is 10.7. The minimum Gasteiger partial charge on any atom is -0.507 e. The molecular formula is C20H30O3. The lowest BCUT2D eigenvalue weighted by Crippen LogP contribution is -2.17. The SMILES string of the molecule is C=C(CCCC(=O)O)c1cc(C(C)(C)C)c(O)c(C(C)(C)C)c1. The smallest absolute Gasteiger partial charge is 0.303 e. The second-order valence-corrected chi connectivity index (χ2v) is 8.27. The van der Waals surface area contributed by atoms with Crippen molar-refractivity contribution in [1.82, 2.24) is 0 Å². The van der Waals surface area contributed by atoms with Crippen LogP contribution < -0.4 is 0 Å². The molecule has 0 heterocycles. The first-order valence-electron chi connectivity index (χ1n) is 8.12. The molecule has 0 aliphatic rings. The number of phenols is 1. The summed E-state index contributed by atoms with van der Waals surface area (Å²) in [5.41, 5.74) is 3.35. The maximum Gasteiger partial charge on any atom is 0.303 e. The summed E-state index contributed by atoms with van der Waals surface area (Å²) in [6.07, 6.45) is 1.37. The van der Waals surface area contributed by atoms with E-state index in [1.54, 1.807) is 0 Å². The number of aromatic hydroxyl groups is 1. The van der Waals surface area contributed by atoms with Crippen LogP contribution >= 0.6 is 0 Å². The zero-order chi connectivity index (χ0) is 18.0. The van der Waals surface area contributed by atoms with Crippen molar-refractivity contribution >= 4 is 11.5 Å². The van der Waals surface area contributed by atoms with Crippen molar-refractivity contribution in [2.75, 3.05) is 0 Å². The molecule has 0 saturated heterocycles. The molecular weight excluding hydrogens is 288 g/mol. The zero-order valence-electron chi connectivity index (χ0n) is 15.3. The lowest BCUT2D eigenvalue weighted by molar-refractivity contribution is -0.137. The number of hydrogen-bond donors (Lipinski definition) is 2. The quantitative estimate of drug-likeness (QED) is 0.779. The third-order valence-electron chi connectivity index (χ3n) is 4.00. The lowest BCUT2D eigenvalue weighted by Gasteiger charge is -2.28. The van der Waals surface area contributed by atoms with Crippen LogP contribution in [0.3, 0.4) is 0 Å². The van der Waals surface area contributed by atoms with Gasteiger partial charge in [0.25, 0.3) is 0 Å². The van der Waals surface area contributed by atoms with Crippen LogP contribution in [0.15, 0.2) is 18.7 Å². The van der Waals surface area contributed by atoms with Crippen molar-refractivity contribution in [1.29, 1.82) is 0 Å². The molecule has 0 aliphatic carbocycles. The summed E-state index contributed by atoms with van der Waals surface area (Å²) >= 11 is 0. The van der Waals surface area contributed by atoms with Gasteiger partial charge in [-0.05, 0) is 46.9 Å². The van der Waals surface area contributed by atoms with Gasteiger partial charge in [-0.1, -0.05) is 48.1 Å². The Labute approximate surface area is 140 Å². The van der Waals surface area contributed by atoms with E-state index in [0.717, 1.165) is 22.3 Å². The molecule has 3 heteroatoms. The molecule has 0 amide bonds. The fraction of sp³-hybridized carbons (Fsp3) is 0.550. The highest BCUT2D eigenvalue weighted by atomic mass is 16.4. The van der Waals surface area contributed by atoms with Gasteiger partial charge in [0.15, 0.2) is 0 Å². The number of carbonyl (C=O) groups is 1. The summed E-state index contributed by atoms with van der Waals surface area (Å²) in [5, 5.41) is 19.5. The van der Waals surface area contributed by atoms with E-state index < -0.39 is 5.97 Å². The van der Waals surface area contributed by atoms with Crippen molar-refractivity contribution in [3.8, 4) is 5.75 Å². The number of allylic oxidation sites excluding steroid dienone is 1. The van der Waals surface area contributed by atoms with Gasteiger partial charge >= 0.3 is 5.97 Å². The summed E-state index contributed by atoms with van der Waals surface area (Å²) in [4.78, 5) is 10.7. The summed E-state index contributed by atoms with van der Waals surface area (Å²) < 4.78 is 0. The molecule has 0 saturated carbocycles. The molecule has 0 aliphatic heterocycles. The molecule has 0 atom stereocenters. The normalized spacial score (nSPS) is 12.3. The fourth-order valence-corrected chi connectivity index (χ4v) is 2.58. The number of rotatable bonds is 5. The third kappa shape index (κ3) is 5.12. The van der Waals surface area contributed by atoms with Crippen LogP contribution in [0.2, 0.25) is 0 Å². The van der Waals surface area contributed by atoms with Crippen LogP contribution in [0.25, 0.3) is 5.57 Å². The van der Waals surface area contributed by atoms with Crippen molar-refractivity contribution < 1.29 is 15.0 Å². The highest BCUT2D eigenvalue weighted by molar-refractivity contribution is 5.69. The molecule has 1 rings (SSSR count). The van der Waals surface area contributed by atoms with Crippen molar-refractivity contribution in [2.45, 2.75) is 71.6 Å². The molecule has 128 valence electrons. The predicted octanol–water partition coefficient (Wildman–Crippen LogP) is 5.26. The van der Waals surface area contributed by atoms with Crippen LogP contribution in [0.5, 0.6) is 5.75 Å². The average Bonchev–Trinajstić information content (AvgIpc) is 2.35. The van der Waals surface area contributed by atoms with Crippen LogP contribution in [-0.2, 0) is 15.6 Å². The highest BCUT2D eigenvalue weighted by Gasteiger charge is 2.26. The molecule has 1 aromatic carbocycles. The first-order chi connectivity index (χ1) is 10.3. The highest BCUT2D eigenvalue weighted by Crippen LogP contribution is 2.41. The molecule has 0 radical (unpaired) electrons. The van der Waals surface area contributed by atoms with E-state index >= 15 is 0 Å². The molecule has 0 unspecified atom stereocenters. The molecule has 0 fully saturated rings. The summed E-state index contributed by atoms with van der Waals surface area (Å²) in [6, 6.07) is 3.99. The van der Waals surface area contributed by atoms with E-state index in [4.69, 9.17) is 5.11 Å². The molecule has 1 aromatic rings. The minimum atomic E-state index is -0.783. The Kier molecular flexibility index (Phi) is 5.68. The van der Waals surface area contributed by atoms with Gasteiger partial charge in [-0.25, -0.2) is 0 Å². The Bertz CT molecular complexity index is 563. The number of carboxylic acids is 1. The number of carboxylic acid groups (broad SMARTS) is 1. The number of phenolic OH excluding ortho intramolecular Hbond substituents is 1. The third-order valence-corrected chi connectivity index (χ3v) is 4.00. The van der Waals surface area contributed by atoms with E-state index in [0.29, 0.717) is 18.6 Å². The summed E-state index contributed by atoms with van der Waals surface area (Å²) in [5.74, 6) is -0.429. The number of hydrogen-bond acceptors (Lipinski definition) is 2. The van der Waals surface area contributed by atoms with E-state index in [-0.39, 0.29) is 17.3 Å². The largest absolute Gasteiger partial charge is 0.507 e. The zero-order valence-corrected chi connectivity index (χ0v) is 15.3. The predicted molar refractivity (Wildman–Crippen MR) is 96.0 cm³/mol. The Morgan fingerprint density at radius 3 is 1.78 bits per heavy atom. The van der Waals surface area contributed by atoms with Gasteiger partial charge < -0.3 is 10.2 Å². The van der Waals surface area contributed by atoms with Gasteiger partial charge in [0.2, 0.25) is 0 Å². The first kappa shape index (κ1) is 19.3. The Morgan fingerprint density at radius 1 is 1.00 bits per heavy atom. The monoisotopic (exact) mass is 318 g/mol. The molecule has 23 heavy (non-hydrogen) atoms. The van der Waals surface area contributed by atoms with E-state index in [1.165, 1.54) is 0 Å². The fourth-order valence-electron chi connectivity index (χ4n) is 2.58. The number of benzene rings is 1. The van der Waals surface area contributed by atoms with Gasteiger partial charge in [-0.15, -0.1) is 0 Å². The van der Waals surface area contributed by atoms with Gasteiger partial charge in [-0.3, -0.25) is 4.79 Å². The van der Waals surface area contributed by atoms with Crippen molar-refractivity contribution in [3.63, 3.8) is 0 Å². The molecule has 3 nitrogen and oxygen atoms in total. The Balaban J connectivity index is 3.28. The molecule has 0 spiro atoms. The Hall–Kier alpha value is -1.77. The lowest BCUT2D eigenvalue weighted by atomic mass is 9.77. The van der Waals surface area contributed by atoms with Gasteiger partial charge in [0, 0.05) is 17.5 Å². The van der Waals surface area contributed by atoms with Crippen molar-refractivity contribution in [2.24, 2.45) is 0 Å². The van der Waals surface area contributed by atoms with Crippen LogP contribution in [0, 0.1) is 0 Å². The maximum absolute atomic E-state index is 10.7. The molecule has 2 N–H and O–H groups in total. The second-order valence-electron chi connectivity index (χ2n) is 8.27. The topological polar surface area (TPSA) is 57.5 Å². The standard InChI is InChI=1S/C20H30O3/c1-13(9-8-10-17(21)22)14-11-15(19(2,3)4)18(23)16(12-14)20(5,6)7/h11-12,23H,1,8-10H2,2-7H3,(H,21,22). The van der Waals surface area contributed by atoms with Gasteiger partial charge in [0.05, 0.1) is 0 Å². The van der Waals surface area contributed by atoms with E-state index in [9.17, 15) is 9.90 Å². The van der Waals surface area contributed by atoms with Crippen LogP contribution in [-0.4, -0.2) is 16.2 Å². The average molecular weight is 318 g/mol. The summed E-state index contributed by atoms with van der Waals surface area (Å²) in [7, 11) is 0. The van der Waals surface area contributed by atoms with Crippen LogP contribution in [0.4, 0.5) is 0 Å². The molecule has 0 aromatic heterocycles. The second kappa shape index (κ2) is 6.77. The molecule has 0 bridgehead atoms. The Morgan fingerprint density at radius 2 is 1.43 bits per heavy atom. The summed E-state index contributed by atoms with van der Waals surface area (Å²) in [6.45, 7) is 16.6. The van der Waals surface area contributed by atoms with Crippen LogP contribution in [0.1, 0.15) is 77.5 Å². The number of aliphatic carboxylic acids is 1. The van der Waals surface area contributed by atoms with Gasteiger partial charge in [-0.2, -0.15) is 0 Å². The van der Waals surface area contributed by atoms with E-state index in [1.807, 2.05) is 12.1 Å².